The average molecular weight is 336 g/mol. The van der Waals surface area contributed by atoms with E-state index in [-0.39, 0.29) is 0 Å². The third-order valence-electron chi connectivity index (χ3n) is 4.46. The van der Waals surface area contributed by atoms with Gasteiger partial charge in [0.25, 0.3) is 0 Å². The Balaban J connectivity index is 2.10. The largest absolute Gasteiger partial charge is 0.497 e. The monoisotopic (exact) mass is 336 g/mol. The van der Waals surface area contributed by atoms with Gasteiger partial charge in [-0.25, -0.2) is 0 Å². The van der Waals surface area contributed by atoms with Crippen molar-refractivity contribution >= 4 is 17.2 Å². The number of hydrogen-bond acceptors (Lipinski definition) is 3. The van der Waals surface area contributed by atoms with Crippen molar-refractivity contribution in [3.05, 3.63) is 54.1 Å². The molecule has 0 unspecified atom stereocenters. The molecule has 0 atom stereocenters. The van der Waals surface area contributed by atoms with Crippen molar-refractivity contribution in [1.82, 2.24) is 9.47 Å². The van der Waals surface area contributed by atoms with Crippen LogP contribution in [0.3, 0.4) is 0 Å². The molecule has 0 fully saturated rings. The molecule has 0 spiro atoms. The van der Waals surface area contributed by atoms with E-state index in [1.54, 1.807) is 13.2 Å². The fourth-order valence-corrected chi connectivity index (χ4v) is 3.22. The van der Waals surface area contributed by atoms with Crippen LogP contribution in [0.4, 0.5) is 0 Å². The molecule has 3 aromatic rings. The van der Waals surface area contributed by atoms with E-state index in [2.05, 4.69) is 47.8 Å². The van der Waals surface area contributed by atoms with Gasteiger partial charge in [0.1, 0.15) is 5.75 Å². The smallest absolute Gasteiger partial charge is 0.150 e. The average Bonchev–Trinajstić information content (AvgIpc) is 2.99. The predicted octanol–water partition coefficient (Wildman–Crippen LogP) is 4.08. The van der Waals surface area contributed by atoms with Crippen LogP contribution in [0.5, 0.6) is 5.75 Å². The van der Waals surface area contributed by atoms with Gasteiger partial charge < -0.3 is 14.2 Å². The minimum absolute atomic E-state index is 0.649. The summed E-state index contributed by atoms with van der Waals surface area (Å²) in [4.78, 5) is 13.8. The van der Waals surface area contributed by atoms with Crippen LogP contribution in [0.1, 0.15) is 16.8 Å². The Morgan fingerprint density at radius 3 is 2.64 bits per heavy atom. The molecular formula is C21H24N2O2. The molecule has 0 saturated heterocycles. The Bertz CT molecular complexity index is 881. The molecule has 4 nitrogen and oxygen atoms in total. The lowest BCUT2D eigenvalue weighted by atomic mass is 10.0. The maximum absolute atomic E-state index is 11.6. The van der Waals surface area contributed by atoms with E-state index < -0.39 is 0 Å². The third kappa shape index (κ3) is 3.59. The number of rotatable bonds is 7. The minimum Gasteiger partial charge on any atom is -0.497 e. The summed E-state index contributed by atoms with van der Waals surface area (Å²) in [6.07, 6.45) is 1.95. The van der Waals surface area contributed by atoms with Crippen molar-refractivity contribution in [2.75, 3.05) is 27.7 Å². The number of ether oxygens (including phenoxy) is 1. The second-order valence-corrected chi connectivity index (χ2v) is 6.47. The summed E-state index contributed by atoms with van der Waals surface area (Å²) in [7, 11) is 5.78. The first-order valence-corrected chi connectivity index (χ1v) is 8.50. The van der Waals surface area contributed by atoms with Crippen molar-refractivity contribution < 1.29 is 9.53 Å². The number of aryl methyl sites for hydroxylation is 1. The fraction of sp³-hybridized carbons (Fsp3) is 0.286. The Hall–Kier alpha value is -2.59. The minimum atomic E-state index is 0.649. The molecule has 0 radical (unpaired) electrons. The van der Waals surface area contributed by atoms with Gasteiger partial charge in [-0.3, -0.25) is 4.79 Å². The number of aromatic nitrogens is 1. The van der Waals surface area contributed by atoms with E-state index >= 15 is 0 Å². The number of carbonyl (C=O) groups is 1. The van der Waals surface area contributed by atoms with Crippen LogP contribution in [-0.2, 0) is 6.54 Å². The molecule has 1 aromatic heterocycles. The van der Waals surface area contributed by atoms with E-state index in [1.165, 1.54) is 10.9 Å². The maximum atomic E-state index is 11.6. The van der Waals surface area contributed by atoms with E-state index in [4.69, 9.17) is 4.74 Å². The topological polar surface area (TPSA) is 34.5 Å². The van der Waals surface area contributed by atoms with Crippen LogP contribution < -0.4 is 4.74 Å². The maximum Gasteiger partial charge on any atom is 0.150 e. The number of benzene rings is 2. The second kappa shape index (κ2) is 7.53. The molecule has 0 bridgehead atoms. The zero-order chi connectivity index (χ0) is 17.8. The zero-order valence-corrected chi connectivity index (χ0v) is 15.0. The summed E-state index contributed by atoms with van der Waals surface area (Å²) >= 11 is 0. The molecule has 3 rings (SSSR count). The van der Waals surface area contributed by atoms with Gasteiger partial charge in [-0.1, -0.05) is 18.2 Å². The summed E-state index contributed by atoms with van der Waals surface area (Å²) in [5.41, 5.74) is 3.86. The van der Waals surface area contributed by atoms with Crippen LogP contribution in [0, 0.1) is 0 Å². The highest BCUT2D eigenvalue weighted by Crippen LogP contribution is 2.32. The van der Waals surface area contributed by atoms with Crippen molar-refractivity contribution in [2.24, 2.45) is 0 Å². The van der Waals surface area contributed by atoms with Gasteiger partial charge >= 0.3 is 0 Å². The van der Waals surface area contributed by atoms with E-state index in [0.717, 1.165) is 37.1 Å². The summed E-state index contributed by atoms with van der Waals surface area (Å²) in [5, 5.41) is 1.19. The van der Waals surface area contributed by atoms with Gasteiger partial charge in [0.05, 0.1) is 7.11 Å². The quantitative estimate of drug-likeness (QED) is 0.610. The van der Waals surface area contributed by atoms with Crippen molar-refractivity contribution in [1.29, 1.82) is 0 Å². The number of aldehydes is 1. The van der Waals surface area contributed by atoms with Crippen LogP contribution in [0.2, 0.25) is 0 Å². The predicted molar refractivity (Wildman–Crippen MR) is 102 cm³/mol. The van der Waals surface area contributed by atoms with Crippen molar-refractivity contribution in [3.8, 4) is 17.0 Å². The van der Waals surface area contributed by atoms with Gasteiger partial charge in [0, 0.05) is 34.3 Å². The van der Waals surface area contributed by atoms with Crippen LogP contribution in [0.15, 0.2) is 48.5 Å². The van der Waals surface area contributed by atoms with Crippen molar-refractivity contribution in [3.63, 3.8) is 0 Å². The SMILES string of the molecule is COc1ccc(-c2cc3ccccc3n2CCCN(C)C)c(C=O)c1. The molecule has 0 amide bonds. The summed E-state index contributed by atoms with van der Waals surface area (Å²) in [5.74, 6) is 0.695. The molecule has 2 aromatic carbocycles. The molecule has 130 valence electrons. The lowest BCUT2D eigenvalue weighted by Gasteiger charge is -2.15. The molecule has 4 heteroatoms. The number of para-hydroxylation sites is 1. The highest BCUT2D eigenvalue weighted by atomic mass is 16.5. The molecule has 0 aliphatic heterocycles. The molecular weight excluding hydrogens is 312 g/mol. The highest BCUT2D eigenvalue weighted by Gasteiger charge is 2.14. The number of carbonyl (C=O) groups excluding carboxylic acids is 1. The zero-order valence-electron chi connectivity index (χ0n) is 15.0. The number of nitrogens with zero attached hydrogens (tertiary/aromatic N) is 2. The highest BCUT2D eigenvalue weighted by molar-refractivity contribution is 5.93. The van der Waals surface area contributed by atoms with Crippen molar-refractivity contribution in [2.45, 2.75) is 13.0 Å². The van der Waals surface area contributed by atoms with Crippen LogP contribution in [0.25, 0.3) is 22.2 Å². The number of hydrogen-bond donors (Lipinski definition) is 0. The number of fused-ring (bicyclic) bond motifs is 1. The van der Waals surface area contributed by atoms with Gasteiger partial charge in [-0.2, -0.15) is 0 Å². The standard InChI is InChI=1S/C21H24N2O2/c1-22(2)11-6-12-23-20-8-5-4-7-16(20)14-21(23)19-10-9-18(25-3)13-17(19)15-24/h4-5,7-10,13-15H,6,11-12H2,1-3H3. The summed E-state index contributed by atoms with van der Waals surface area (Å²) in [6, 6.07) is 16.2. The van der Waals surface area contributed by atoms with Crippen LogP contribution in [-0.4, -0.2) is 43.5 Å². The first-order valence-electron chi connectivity index (χ1n) is 8.50. The molecule has 0 saturated carbocycles. The Labute approximate surface area is 148 Å². The Morgan fingerprint density at radius 2 is 1.92 bits per heavy atom. The lowest BCUT2D eigenvalue weighted by Crippen LogP contribution is -2.15. The summed E-state index contributed by atoms with van der Waals surface area (Å²) < 4.78 is 7.57. The molecule has 1 heterocycles. The third-order valence-corrected chi connectivity index (χ3v) is 4.46. The molecule has 25 heavy (non-hydrogen) atoms. The first kappa shape index (κ1) is 17.2. The van der Waals surface area contributed by atoms with Gasteiger partial charge in [0.2, 0.25) is 0 Å². The fourth-order valence-electron chi connectivity index (χ4n) is 3.22. The summed E-state index contributed by atoms with van der Waals surface area (Å²) in [6.45, 7) is 1.93. The van der Waals surface area contributed by atoms with E-state index in [9.17, 15) is 4.79 Å². The molecule has 0 aliphatic rings. The number of methoxy groups -OCH3 is 1. The Kier molecular flexibility index (Phi) is 5.19. The second-order valence-electron chi connectivity index (χ2n) is 6.47. The normalized spacial score (nSPS) is 11.2. The first-order chi connectivity index (χ1) is 12.1. The molecule has 0 N–H and O–H groups in total. The van der Waals surface area contributed by atoms with Gasteiger partial charge in [0.15, 0.2) is 6.29 Å². The van der Waals surface area contributed by atoms with Crippen LogP contribution >= 0.6 is 0 Å². The lowest BCUT2D eigenvalue weighted by molar-refractivity contribution is 0.112. The van der Waals surface area contributed by atoms with Gasteiger partial charge in [-0.05, 0) is 57.4 Å². The molecule has 0 aliphatic carbocycles. The van der Waals surface area contributed by atoms with E-state index in [0.29, 0.717) is 11.3 Å². The van der Waals surface area contributed by atoms with Gasteiger partial charge in [-0.15, -0.1) is 0 Å². The van der Waals surface area contributed by atoms with E-state index in [1.807, 2.05) is 18.2 Å². The Morgan fingerprint density at radius 1 is 1.12 bits per heavy atom.